The molecule has 0 aliphatic carbocycles. The maximum Gasteiger partial charge on any atom is 0.364 e. The number of esters is 1. The van der Waals surface area contributed by atoms with Gasteiger partial charge in [-0.05, 0) is 42.5 Å². The Morgan fingerprint density at radius 1 is 0.853 bits per heavy atom. The summed E-state index contributed by atoms with van der Waals surface area (Å²) < 4.78 is 22.4. The number of aliphatic imine (C=N–C) groups is 1. The zero-order valence-corrected chi connectivity index (χ0v) is 17.4. The summed E-state index contributed by atoms with van der Waals surface area (Å²) in [4.78, 5) is 27.7. The lowest BCUT2D eigenvalue weighted by Crippen LogP contribution is -2.08. The van der Waals surface area contributed by atoms with Crippen molar-refractivity contribution in [2.24, 2.45) is 4.99 Å². The summed E-state index contributed by atoms with van der Waals surface area (Å²) in [7, 11) is 0. The van der Waals surface area contributed by atoms with Gasteiger partial charge in [-0.15, -0.1) is 0 Å². The minimum absolute atomic E-state index is 0.0677. The predicted molar refractivity (Wildman–Crippen MR) is 120 cm³/mol. The standard InChI is InChI=1S/C25H14N2O7/c28-25-23(26-24(34-25)14-5-8-16(9-6-14)27(29)30)18-12-21(33-19-4-2-1-3-17(18)19)15-7-10-20-22(11-15)32-13-31-20/h1-12H,13H2/b23-18-. The Bertz CT molecular complexity index is 1470. The van der Waals surface area contributed by atoms with Crippen LogP contribution in [-0.2, 0) is 9.53 Å². The van der Waals surface area contributed by atoms with Gasteiger partial charge in [-0.2, -0.15) is 0 Å². The van der Waals surface area contributed by atoms with Crippen molar-refractivity contribution in [3.63, 3.8) is 0 Å². The van der Waals surface area contributed by atoms with Gasteiger partial charge in [-0.25, -0.2) is 9.79 Å². The molecule has 3 aromatic carbocycles. The highest BCUT2D eigenvalue weighted by Crippen LogP contribution is 2.42. The molecule has 0 spiro atoms. The molecule has 0 atom stereocenters. The van der Waals surface area contributed by atoms with E-state index in [4.69, 9.17) is 18.9 Å². The van der Waals surface area contributed by atoms with Crippen LogP contribution in [0.25, 0.3) is 11.3 Å². The smallest absolute Gasteiger partial charge is 0.364 e. The average molecular weight is 454 g/mol. The lowest BCUT2D eigenvalue weighted by Gasteiger charge is -2.20. The predicted octanol–water partition coefficient (Wildman–Crippen LogP) is 4.47. The zero-order valence-electron chi connectivity index (χ0n) is 17.4. The van der Waals surface area contributed by atoms with Crippen LogP contribution in [0.15, 0.2) is 83.5 Å². The molecule has 3 heterocycles. The number of nitro benzene ring substituents is 1. The molecular weight excluding hydrogens is 440 g/mol. The Morgan fingerprint density at radius 2 is 1.62 bits per heavy atom. The first-order valence-electron chi connectivity index (χ1n) is 10.3. The van der Waals surface area contributed by atoms with E-state index in [1.165, 1.54) is 24.3 Å². The van der Waals surface area contributed by atoms with Crippen molar-refractivity contribution in [3.8, 4) is 17.2 Å². The quantitative estimate of drug-likeness (QED) is 0.249. The number of fused-ring (bicyclic) bond motifs is 2. The van der Waals surface area contributed by atoms with Gasteiger partial charge in [0, 0.05) is 34.4 Å². The van der Waals surface area contributed by atoms with Crippen LogP contribution in [0, 0.1) is 10.1 Å². The van der Waals surface area contributed by atoms with Crippen LogP contribution in [0.1, 0.15) is 16.7 Å². The summed E-state index contributed by atoms with van der Waals surface area (Å²) in [6.45, 7) is 0.156. The number of carbonyl (C=O) groups is 1. The third-order valence-electron chi connectivity index (χ3n) is 5.51. The van der Waals surface area contributed by atoms with Crippen molar-refractivity contribution >= 4 is 28.9 Å². The van der Waals surface area contributed by atoms with Crippen molar-refractivity contribution in [2.75, 3.05) is 6.79 Å². The largest absolute Gasteiger partial charge is 0.456 e. The second-order valence-corrected chi connectivity index (χ2v) is 7.55. The molecule has 3 aliphatic rings. The zero-order chi connectivity index (χ0) is 23.2. The summed E-state index contributed by atoms with van der Waals surface area (Å²) in [5, 5.41) is 10.9. The number of nitro groups is 1. The molecule has 0 aromatic heterocycles. The highest BCUT2D eigenvalue weighted by atomic mass is 16.7. The van der Waals surface area contributed by atoms with Crippen molar-refractivity contribution in [2.45, 2.75) is 0 Å². The number of cyclic esters (lactones) is 1. The van der Waals surface area contributed by atoms with Crippen molar-refractivity contribution in [3.05, 3.63) is 105 Å². The number of benzene rings is 3. The molecule has 34 heavy (non-hydrogen) atoms. The molecule has 0 fully saturated rings. The number of rotatable bonds is 3. The van der Waals surface area contributed by atoms with E-state index in [0.717, 1.165) is 5.56 Å². The summed E-state index contributed by atoms with van der Waals surface area (Å²) in [5.74, 6) is 1.77. The van der Waals surface area contributed by atoms with Gasteiger partial charge in [-0.1, -0.05) is 18.2 Å². The molecular formula is C25H14N2O7. The van der Waals surface area contributed by atoms with E-state index in [1.807, 2.05) is 30.3 Å². The third-order valence-corrected chi connectivity index (χ3v) is 5.51. The molecule has 9 nitrogen and oxygen atoms in total. The third kappa shape index (κ3) is 3.27. The number of hydrogen-bond acceptors (Lipinski definition) is 8. The summed E-state index contributed by atoms with van der Waals surface area (Å²) in [6, 6.07) is 18.4. The average Bonchev–Trinajstić information content (AvgIpc) is 3.49. The van der Waals surface area contributed by atoms with Gasteiger partial charge in [0.2, 0.25) is 12.7 Å². The number of para-hydroxylation sites is 1. The second kappa shape index (κ2) is 7.59. The maximum absolute atomic E-state index is 12.8. The van der Waals surface area contributed by atoms with E-state index in [1.54, 1.807) is 18.2 Å². The van der Waals surface area contributed by atoms with Crippen LogP contribution >= 0.6 is 0 Å². The molecule has 3 aliphatic heterocycles. The molecule has 0 saturated heterocycles. The molecule has 0 amide bonds. The summed E-state index contributed by atoms with van der Waals surface area (Å²) in [6.07, 6.45) is 1.73. The Balaban J connectivity index is 1.46. The van der Waals surface area contributed by atoms with Gasteiger partial charge in [0.25, 0.3) is 5.69 Å². The molecule has 6 rings (SSSR count). The van der Waals surface area contributed by atoms with Crippen molar-refractivity contribution < 1.29 is 28.7 Å². The fourth-order valence-corrected chi connectivity index (χ4v) is 3.85. The molecule has 9 heteroatoms. The summed E-state index contributed by atoms with van der Waals surface area (Å²) >= 11 is 0. The fraction of sp³-hybridized carbons (Fsp3) is 0.0400. The van der Waals surface area contributed by atoms with E-state index >= 15 is 0 Å². The first-order valence-corrected chi connectivity index (χ1v) is 10.3. The van der Waals surface area contributed by atoms with Crippen LogP contribution in [0.2, 0.25) is 0 Å². The van der Waals surface area contributed by atoms with E-state index in [0.29, 0.717) is 39.7 Å². The van der Waals surface area contributed by atoms with E-state index in [9.17, 15) is 14.9 Å². The number of ether oxygens (including phenoxy) is 4. The first-order chi connectivity index (χ1) is 16.6. The number of nitrogens with zero attached hydrogens (tertiary/aromatic N) is 2. The van der Waals surface area contributed by atoms with Crippen LogP contribution < -0.4 is 14.2 Å². The Hall–Kier alpha value is -4.92. The number of allylic oxidation sites excluding steroid dienone is 2. The SMILES string of the molecule is O=C1OC(c2ccc([N+](=O)[O-])cc2)=N/C1=C1/C=C(c2ccc3c(c2)OCO3)Oc2ccccc21. The normalized spacial score (nSPS) is 17.9. The highest BCUT2D eigenvalue weighted by molar-refractivity contribution is 6.15. The van der Waals surface area contributed by atoms with Gasteiger partial charge < -0.3 is 18.9 Å². The molecule has 166 valence electrons. The van der Waals surface area contributed by atoms with Crippen LogP contribution in [0.4, 0.5) is 5.69 Å². The van der Waals surface area contributed by atoms with Crippen LogP contribution in [0.5, 0.6) is 17.2 Å². The fourth-order valence-electron chi connectivity index (χ4n) is 3.85. The lowest BCUT2D eigenvalue weighted by atomic mass is 9.97. The van der Waals surface area contributed by atoms with E-state index < -0.39 is 10.9 Å². The Morgan fingerprint density at radius 3 is 2.44 bits per heavy atom. The van der Waals surface area contributed by atoms with Gasteiger partial charge in [0.05, 0.1) is 4.92 Å². The maximum atomic E-state index is 12.8. The van der Waals surface area contributed by atoms with Crippen molar-refractivity contribution in [1.29, 1.82) is 0 Å². The van der Waals surface area contributed by atoms with Gasteiger partial charge in [0.15, 0.2) is 17.2 Å². The minimum atomic E-state index is -0.624. The molecule has 3 aromatic rings. The number of hydrogen-bond donors (Lipinski definition) is 0. The Kier molecular flexibility index (Phi) is 4.41. The van der Waals surface area contributed by atoms with Gasteiger partial charge >= 0.3 is 5.97 Å². The molecule has 0 N–H and O–H groups in total. The van der Waals surface area contributed by atoms with E-state index in [-0.39, 0.29) is 24.1 Å². The molecule has 0 unspecified atom stereocenters. The van der Waals surface area contributed by atoms with Gasteiger partial charge in [-0.3, -0.25) is 10.1 Å². The monoisotopic (exact) mass is 454 g/mol. The van der Waals surface area contributed by atoms with Crippen LogP contribution in [0.3, 0.4) is 0 Å². The molecule has 0 radical (unpaired) electrons. The highest BCUT2D eigenvalue weighted by Gasteiger charge is 2.31. The van der Waals surface area contributed by atoms with Crippen molar-refractivity contribution in [1.82, 2.24) is 0 Å². The van der Waals surface area contributed by atoms with Crippen LogP contribution in [-0.4, -0.2) is 23.6 Å². The van der Waals surface area contributed by atoms with E-state index in [2.05, 4.69) is 4.99 Å². The molecule has 0 saturated carbocycles. The van der Waals surface area contributed by atoms with Gasteiger partial charge in [0.1, 0.15) is 11.5 Å². The number of non-ortho nitro benzene ring substituents is 1. The first kappa shape index (κ1) is 19.7. The lowest BCUT2D eigenvalue weighted by molar-refractivity contribution is -0.384. The minimum Gasteiger partial charge on any atom is -0.456 e. The topological polar surface area (TPSA) is 109 Å². The Labute approximate surface area is 192 Å². The summed E-state index contributed by atoms with van der Waals surface area (Å²) in [5.41, 5.74) is 2.46. The molecule has 0 bridgehead atoms. The second-order valence-electron chi connectivity index (χ2n) is 7.55. The number of carbonyl (C=O) groups excluding carboxylic acids is 1.